The predicted molar refractivity (Wildman–Crippen MR) is 285 cm³/mol. The molecule has 0 bridgehead atoms. The Kier molecular flexibility index (Phi) is 11.7. The van der Waals surface area contributed by atoms with E-state index in [2.05, 4.69) is 258 Å². The fourth-order valence-corrected chi connectivity index (χ4v) is 10.5. The van der Waals surface area contributed by atoms with E-state index in [1.165, 1.54) is 87.7 Å². The molecule has 0 atom stereocenters. The van der Waals surface area contributed by atoms with Crippen LogP contribution >= 0.6 is 11.3 Å². The topological polar surface area (TPSA) is 6.48 Å². The minimum absolute atomic E-state index is 1.02. The number of hydrogen-bond acceptors (Lipinski definition) is 3. The van der Waals surface area contributed by atoms with Gasteiger partial charge in [0.15, 0.2) is 0 Å². The second kappa shape index (κ2) is 18.2. The maximum atomic E-state index is 2.37. The molecule has 0 fully saturated rings. The lowest BCUT2D eigenvalue weighted by Gasteiger charge is -2.27. The molecule has 66 heavy (non-hydrogen) atoms. The SMILES string of the molecule is CC1=C(C)C(C)=C(c2ccc(N(c3ccc(-c4ccccc4)cc3)c3ccc(-c4ccc(N(c5ccc(-c6ccccc6)cc5)c5ccc(-c6sc(C)c(C)c6C)cc5)cc4)cc3)cc2)C1. The zero-order valence-electron chi connectivity index (χ0n) is 38.6. The van der Waals surface area contributed by atoms with Gasteiger partial charge in [0.25, 0.3) is 0 Å². The van der Waals surface area contributed by atoms with E-state index < -0.39 is 0 Å². The third-order valence-electron chi connectivity index (χ3n) is 13.7. The van der Waals surface area contributed by atoms with Gasteiger partial charge in [-0.15, -0.1) is 11.3 Å². The average Bonchev–Trinajstić information content (AvgIpc) is 3.79. The second-order valence-corrected chi connectivity index (χ2v) is 18.8. The van der Waals surface area contributed by atoms with E-state index in [9.17, 15) is 0 Å². The number of nitrogens with zero attached hydrogens (tertiary/aromatic N) is 2. The summed E-state index contributed by atoms with van der Waals surface area (Å²) in [6.07, 6.45) is 1.02. The Balaban J connectivity index is 0.964. The van der Waals surface area contributed by atoms with Crippen molar-refractivity contribution in [2.24, 2.45) is 0 Å². The zero-order chi connectivity index (χ0) is 45.3. The molecule has 0 saturated heterocycles. The fraction of sp³-hybridized carbons (Fsp3) is 0.111. The maximum Gasteiger partial charge on any atom is 0.0462 e. The number of thiophene rings is 1. The Morgan fingerprint density at radius 2 is 0.606 bits per heavy atom. The molecule has 0 saturated carbocycles. The first-order chi connectivity index (χ1) is 32.2. The first-order valence-electron chi connectivity index (χ1n) is 23.0. The molecule has 8 aromatic carbocycles. The molecule has 3 heteroatoms. The highest BCUT2D eigenvalue weighted by atomic mass is 32.1. The van der Waals surface area contributed by atoms with Gasteiger partial charge in [-0.25, -0.2) is 0 Å². The molecule has 0 unspecified atom stereocenters. The van der Waals surface area contributed by atoms with Gasteiger partial charge in [0, 0.05) is 43.9 Å². The van der Waals surface area contributed by atoms with Crippen molar-refractivity contribution in [3.05, 3.63) is 245 Å². The number of benzene rings is 8. The molecule has 322 valence electrons. The molecular formula is C63H54N2S. The van der Waals surface area contributed by atoms with Gasteiger partial charge >= 0.3 is 0 Å². The van der Waals surface area contributed by atoms with Gasteiger partial charge in [0.1, 0.15) is 0 Å². The summed E-state index contributed by atoms with van der Waals surface area (Å²) in [6, 6.07) is 75.3. The number of anilines is 6. The van der Waals surface area contributed by atoms with E-state index >= 15 is 0 Å². The molecule has 0 radical (unpaired) electrons. The zero-order valence-corrected chi connectivity index (χ0v) is 39.5. The standard InChI is InChI=1S/C63H54N2S/c1-42-41-62(45(4)43(42)2)54-25-37-60(38-26-54)64(56-29-17-50(18-30-56)48-13-9-7-10-14-48)58-33-21-52(22-34-58)53-23-35-59(36-24-53)65(57-31-19-51(20-32-57)49-15-11-8-12-16-49)61-39-27-55(28-40-61)63-46(5)44(3)47(6)66-63/h7-40H,41H2,1-6H3. The van der Waals surface area contributed by atoms with Gasteiger partial charge < -0.3 is 9.80 Å². The Morgan fingerprint density at radius 3 is 0.894 bits per heavy atom. The number of allylic oxidation sites excluding steroid dienone is 4. The Bertz CT molecular complexity index is 3190. The van der Waals surface area contributed by atoms with Crippen molar-refractivity contribution in [2.75, 3.05) is 9.80 Å². The van der Waals surface area contributed by atoms with Gasteiger partial charge in [-0.1, -0.05) is 139 Å². The number of hydrogen-bond donors (Lipinski definition) is 0. The normalized spacial score (nSPS) is 12.5. The van der Waals surface area contributed by atoms with Gasteiger partial charge in [0.2, 0.25) is 0 Å². The van der Waals surface area contributed by atoms with Crippen molar-refractivity contribution in [1.29, 1.82) is 0 Å². The van der Waals surface area contributed by atoms with Crippen LogP contribution < -0.4 is 9.80 Å². The smallest absolute Gasteiger partial charge is 0.0462 e. The van der Waals surface area contributed by atoms with E-state index in [0.717, 1.165) is 40.5 Å². The summed E-state index contributed by atoms with van der Waals surface area (Å²) in [7, 11) is 0. The van der Waals surface area contributed by atoms with Crippen LogP contribution in [0.4, 0.5) is 34.1 Å². The molecule has 1 aliphatic carbocycles. The molecule has 10 rings (SSSR count). The van der Waals surface area contributed by atoms with Crippen molar-refractivity contribution in [3.63, 3.8) is 0 Å². The van der Waals surface area contributed by atoms with E-state index in [-0.39, 0.29) is 0 Å². The summed E-state index contributed by atoms with van der Waals surface area (Å²) in [6.45, 7) is 13.5. The third kappa shape index (κ3) is 8.35. The largest absolute Gasteiger partial charge is 0.311 e. The van der Waals surface area contributed by atoms with Crippen molar-refractivity contribution >= 4 is 51.0 Å². The van der Waals surface area contributed by atoms with E-state index in [1.54, 1.807) is 0 Å². The highest BCUT2D eigenvalue weighted by Crippen LogP contribution is 2.43. The average molecular weight is 871 g/mol. The number of rotatable bonds is 11. The van der Waals surface area contributed by atoms with Crippen LogP contribution in [0.2, 0.25) is 0 Å². The maximum absolute atomic E-state index is 2.37. The third-order valence-corrected chi connectivity index (χ3v) is 15.1. The van der Waals surface area contributed by atoms with Crippen LogP contribution in [0.3, 0.4) is 0 Å². The summed E-state index contributed by atoms with van der Waals surface area (Å²) in [4.78, 5) is 7.46. The lowest BCUT2D eigenvalue weighted by atomic mass is 9.99. The van der Waals surface area contributed by atoms with Crippen LogP contribution in [0.15, 0.2) is 223 Å². The van der Waals surface area contributed by atoms with E-state index in [4.69, 9.17) is 0 Å². The lowest BCUT2D eigenvalue weighted by molar-refractivity contribution is 1.22. The Labute approximate surface area is 395 Å². The molecule has 0 amide bonds. The summed E-state index contributed by atoms with van der Waals surface area (Å²) in [5.41, 5.74) is 24.9. The monoisotopic (exact) mass is 870 g/mol. The molecule has 1 aromatic heterocycles. The van der Waals surface area contributed by atoms with Crippen LogP contribution in [-0.2, 0) is 0 Å². The first kappa shape index (κ1) is 42.5. The van der Waals surface area contributed by atoms with Crippen LogP contribution in [0.1, 0.15) is 48.8 Å². The highest BCUT2D eigenvalue weighted by molar-refractivity contribution is 7.15. The predicted octanol–water partition coefficient (Wildman–Crippen LogP) is 18.8. The second-order valence-electron chi connectivity index (χ2n) is 17.6. The summed E-state index contributed by atoms with van der Waals surface area (Å²) in [5, 5.41) is 0. The van der Waals surface area contributed by atoms with E-state index in [1.807, 2.05) is 11.3 Å². The Hall–Kier alpha value is -7.46. The van der Waals surface area contributed by atoms with E-state index in [0.29, 0.717) is 0 Å². The fourth-order valence-electron chi connectivity index (χ4n) is 9.35. The quantitative estimate of drug-likeness (QED) is 0.128. The minimum Gasteiger partial charge on any atom is -0.311 e. The molecule has 1 aliphatic rings. The van der Waals surface area contributed by atoms with Crippen LogP contribution in [0.25, 0.3) is 49.4 Å². The molecular weight excluding hydrogens is 817 g/mol. The van der Waals surface area contributed by atoms with Crippen molar-refractivity contribution in [2.45, 2.75) is 48.0 Å². The summed E-state index contributed by atoms with van der Waals surface area (Å²) in [5.74, 6) is 0. The Morgan fingerprint density at radius 1 is 0.303 bits per heavy atom. The van der Waals surface area contributed by atoms with Crippen LogP contribution in [-0.4, -0.2) is 0 Å². The van der Waals surface area contributed by atoms with Crippen LogP contribution in [0.5, 0.6) is 0 Å². The summed E-state index contributed by atoms with van der Waals surface area (Å²) < 4.78 is 0. The van der Waals surface area contributed by atoms with Gasteiger partial charge in [-0.05, 0) is 193 Å². The molecule has 0 spiro atoms. The number of aryl methyl sites for hydroxylation is 1. The van der Waals surface area contributed by atoms with Crippen molar-refractivity contribution in [1.82, 2.24) is 0 Å². The molecule has 0 N–H and O–H groups in total. The highest BCUT2D eigenvalue weighted by Gasteiger charge is 2.20. The molecule has 2 nitrogen and oxygen atoms in total. The van der Waals surface area contributed by atoms with Crippen molar-refractivity contribution < 1.29 is 0 Å². The lowest BCUT2D eigenvalue weighted by Crippen LogP contribution is -2.10. The van der Waals surface area contributed by atoms with Gasteiger partial charge in [-0.2, -0.15) is 0 Å². The van der Waals surface area contributed by atoms with Crippen molar-refractivity contribution in [3.8, 4) is 43.8 Å². The van der Waals surface area contributed by atoms with Gasteiger partial charge in [0.05, 0.1) is 0 Å². The minimum atomic E-state index is 1.02. The van der Waals surface area contributed by atoms with Crippen LogP contribution in [0, 0.1) is 20.8 Å². The van der Waals surface area contributed by atoms with Gasteiger partial charge in [-0.3, -0.25) is 0 Å². The molecule has 9 aromatic rings. The summed E-state index contributed by atoms with van der Waals surface area (Å²) >= 11 is 1.89. The first-order valence-corrected chi connectivity index (χ1v) is 23.8. The molecule has 1 heterocycles. The molecule has 0 aliphatic heterocycles.